The lowest BCUT2D eigenvalue weighted by molar-refractivity contribution is 0.162. The van der Waals surface area contributed by atoms with Crippen LogP contribution in [0.2, 0.25) is 0 Å². The third-order valence-corrected chi connectivity index (χ3v) is 6.53. The quantitative estimate of drug-likeness (QED) is 0.390. The maximum Gasteiger partial charge on any atom is 0.407 e. The molecule has 0 radical (unpaired) electrons. The number of alkyl carbamates (subject to hydrolysis) is 1. The van der Waals surface area contributed by atoms with Gasteiger partial charge in [-0.25, -0.2) is 14.8 Å². The fourth-order valence-corrected chi connectivity index (χ4v) is 4.70. The van der Waals surface area contributed by atoms with Gasteiger partial charge in [0.2, 0.25) is 0 Å². The lowest BCUT2D eigenvalue weighted by atomic mass is 9.84. The van der Waals surface area contributed by atoms with E-state index in [1.165, 1.54) is 13.3 Å². The molecule has 0 spiro atoms. The first-order valence-electron chi connectivity index (χ1n) is 12.3. The predicted molar refractivity (Wildman–Crippen MR) is 136 cm³/mol. The summed E-state index contributed by atoms with van der Waals surface area (Å²) in [5.41, 5.74) is 3.64. The first kappa shape index (κ1) is 24.2. The van der Waals surface area contributed by atoms with Crippen LogP contribution < -0.4 is 10.6 Å². The van der Waals surface area contributed by atoms with E-state index in [0.717, 1.165) is 48.0 Å². The van der Waals surface area contributed by atoms with E-state index in [1.54, 1.807) is 23.1 Å². The normalized spacial score (nSPS) is 17.5. The first-order valence-corrected chi connectivity index (χ1v) is 12.3. The molecule has 4 aromatic rings. The number of rotatable bonds is 6. The van der Waals surface area contributed by atoms with Crippen LogP contribution in [0.5, 0.6) is 0 Å². The second-order valence-corrected chi connectivity index (χ2v) is 9.49. The fourth-order valence-electron chi connectivity index (χ4n) is 4.70. The number of fused-ring (bicyclic) bond motifs is 1. The second-order valence-electron chi connectivity index (χ2n) is 9.49. The van der Waals surface area contributed by atoms with Crippen molar-refractivity contribution in [3.05, 3.63) is 48.0 Å². The van der Waals surface area contributed by atoms with Crippen LogP contribution in [0.25, 0.3) is 28.2 Å². The summed E-state index contributed by atoms with van der Waals surface area (Å²) in [6.07, 6.45) is 8.09. The number of nitriles is 1. The molecule has 11 nitrogen and oxygen atoms in total. The molecule has 5 rings (SSSR count). The Bertz CT molecular complexity index is 1460. The number of anilines is 1. The van der Waals surface area contributed by atoms with E-state index in [0.29, 0.717) is 22.8 Å². The average molecular weight is 501 g/mol. The second kappa shape index (κ2) is 10.3. The SMILES string of the molecule is COC(=O)N[C@H]1CC[C@H](c2cc(-c3cnc(-n4ncc5cc(C#N)cnc54)cc3NC(C)C)on2)CC1. The highest BCUT2D eigenvalue weighted by atomic mass is 16.5. The Morgan fingerprint density at radius 2 is 1.97 bits per heavy atom. The molecule has 1 saturated carbocycles. The Hall–Kier alpha value is -4.46. The first-order chi connectivity index (χ1) is 17.9. The molecule has 0 unspecified atom stereocenters. The van der Waals surface area contributed by atoms with Gasteiger partial charge < -0.3 is 19.9 Å². The largest absolute Gasteiger partial charge is 0.453 e. The molecule has 2 N–H and O–H groups in total. The lowest BCUT2D eigenvalue weighted by Crippen LogP contribution is -2.37. The van der Waals surface area contributed by atoms with Crippen molar-refractivity contribution in [1.29, 1.82) is 5.26 Å². The number of methoxy groups -OCH3 is 1. The standard InChI is InChI=1S/C26H28N8O3/c1-15(2)31-22-10-24(34-25-18(13-30-34)8-16(11-27)12-29-25)28-14-20(22)23-9-21(33-37-23)17-4-6-19(7-5-17)32-26(35)36-3/h8-10,12-15,17,19H,4-7H2,1-3H3,(H,28,31)(H,32,35)/t17-,19-. The number of hydrogen-bond acceptors (Lipinski definition) is 9. The summed E-state index contributed by atoms with van der Waals surface area (Å²) in [4.78, 5) is 20.5. The maximum absolute atomic E-state index is 11.5. The van der Waals surface area contributed by atoms with Gasteiger partial charge in [0.05, 0.1) is 35.8 Å². The topological polar surface area (TPSA) is 144 Å². The van der Waals surface area contributed by atoms with E-state index < -0.39 is 0 Å². The van der Waals surface area contributed by atoms with Crippen molar-refractivity contribution >= 4 is 22.8 Å². The van der Waals surface area contributed by atoms with Gasteiger partial charge in [-0.2, -0.15) is 15.0 Å². The smallest absolute Gasteiger partial charge is 0.407 e. The lowest BCUT2D eigenvalue weighted by Gasteiger charge is -2.27. The zero-order valence-corrected chi connectivity index (χ0v) is 20.9. The summed E-state index contributed by atoms with van der Waals surface area (Å²) in [7, 11) is 1.38. The van der Waals surface area contributed by atoms with Gasteiger partial charge in [0.1, 0.15) is 6.07 Å². The van der Waals surface area contributed by atoms with Crippen LogP contribution in [0, 0.1) is 11.3 Å². The van der Waals surface area contributed by atoms with E-state index in [9.17, 15) is 4.79 Å². The van der Waals surface area contributed by atoms with Gasteiger partial charge in [0, 0.05) is 47.9 Å². The number of hydrogen-bond donors (Lipinski definition) is 2. The Kier molecular flexibility index (Phi) is 6.72. The number of nitrogens with one attached hydrogen (secondary N) is 2. The minimum atomic E-state index is -0.390. The van der Waals surface area contributed by atoms with Crippen molar-refractivity contribution in [1.82, 2.24) is 30.2 Å². The molecule has 11 heteroatoms. The Labute approximate surface area is 213 Å². The molecule has 0 bridgehead atoms. The molecule has 0 atom stereocenters. The number of ether oxygens (including phenoxy) is 1. The van der Waals surface area contributed by atoms with Gasteiger partial charge in [-0.15, -0.1) is 0 Å². The van der Waals surface area contributed by atoms with Crippen molar-refractivity contribution in [2.45, 2.75) is 57.5 Å². The number of aromatic nitrogens is 5. The van der Waals surface area contributed by atoms with E-state index in [1.807, 2.05) is 12.1 Å². The Morgan fingerprint density at radius 3 is 2.70 bits per heavy atom. The Morgan fingerprint density at radius 1 is 1.16 bits per heavy atom. The molecule has 4 aromatic heterocycles. The summed E-state index contributed by atoms with van der Waals surface area (Å²) in [6.45, 7) is 4.12. The van der Waals surface area contributed by atoms with Crippen LogP contribution in [0.15, 0.2) is 41.3 Å². The molecule has 1 aliphatic rings. The maximum atomic E-state index is 11.5. The number of carbonyl (C=O) groups is 1. The van der Waals surface area contributed by atoms with Crippen LogP contribution in [-0.2, 0) is 4.74 Å². The van der Waals surface area contributed by atoms with Crippen LogP contribution in [-0.4, -0.2) is 50.2 Å². The highest BCUT2D eigenvalue weighted by Gasteiger charge is 2.26. The van der Waals surface area contributed by atoms with Crippen molar-refractivity contribution in [2.75, 3.05) is 12.4 Å². The van der Waals surface area contributed by atoms with Crippen LogP contribution in [0.4, 0.5) is 10.5 Å². The van der Waals surface area contributed by atoms with Crippen LogP contribution in [0.1, 0.15) is 56.7 Å². The third-order valence-electron chi connectivity index (χ3n) is 6.53. The van der Waals surface area contributed by atoms with Crippen molar-refractivity contribution < 1.29 is 14.1 Å². The van der Waals surface area contributed by atoms with Crippen molar-refractivity contribution in [2.24, 2.45) is 0 Å². The van der Waals surface area contributed by atoms with Gasteiger partial charge in [0.25, 0.3) is 0 Å². The van der Waals surface area contributed by atoms with Gasteiger partial charge in [0.15, 0.2) is 17.2 Å². The molecule has 4 heterocycles. The predicted octanol–water partition coefficient (Wildman–Crippen LogP) is 4.54. The summed E-state index contributed by atoms with van der Waals surface area (Å²) in [6, 6.07) is 8.03. The highest BCUT2D eigenvalue weighted by molar-refractivity contribution is 5.79. The van der Waals surface area contributed by atoms with E-state index in [4.69, 9.17) is 14.5 Å². The number of pyridine rings is 2. The molecule has 0 saturated heterocycles. The number of carbonyl (C=O) groups excluding carboxylic acids is 1. The molecular weight excluding hydrogens is 472 g/mol. The van der Waals surface area contributed by atoms with E-state index >= 15 is 0 Å². The van der Waals surface area contributed by atoms with E-state index in [-0.39, 0.29) is 24.1 Å². The van der Waals surface area contributed by atoms with Gasteiger partial charge >= 0.3 is 6.09 Å². The monoisotopic (exact) mass is 500 g/mol. The van der Waals surface area contributed by atoms with Gasteiger partial charge in [-0.1, -0.05) is 5.16 Å². The van der Waals surface area contributed by atoms with Gasteiger partial charge in [-0.05, 0) is 45.6 Å². The number of nitrogens with zero attached hydrogens (tertiary/aromatic N) is 6. The summed E-state index contributed by atoms with van der Waals surface area (Å²) < 4.78 is 12.1. The number of amides is 1. The molecule has 0 aliphatic heterocycles. The molecule has 1 fully saturated rings. The summed E-state index contributed by atoms with van der Waals surface area (Å²) in [5, 5.41) is 25.1. The van der Waals surface area contributed by atoms with Crippen molar-refractivity contribution in [3.8, 4) is 23.2 Å². The summed E-state index contributed by atoms with van der Waals surface area (Å²) >= 11 is 0. The average Bonchev–Trinajstić information content (AvgIpc) is 3.56. The fraction of sp³-hybridized carbons (Fsp3) is 0.385. The molecule has 0 aromatic carbocycles. The third kappa shape index (κ3) is 5.09. The van der Waals surface area contributed by atoms with Crippen molar-refractivity contribution in [3.63, 3.8) is 0 Å². The minimum absolute atomic E-state index is 0.119. The van der Waals surface area contributed by atoms with E-state index in [2.05, 4.69) is 50.8 Å². The molecule has 190 valence electrons. The highest BCUT2D eigenvalue weighted by Crippen LogP contribution is 2.36. The Balaban J connectivity index is 1.40. The van der Waals surface area contributed by atoms with Gasteiger partial charge in [-0.3, -0.25) is 0 Å². The molecule has 1 amide bonds. The zero-order chi connectivity index (χ0) is 25.9. The molecular formula is C26H28N8O3. The van der Waals surface area contributed by atoms with Crippen LogP contribution >= 0.6 is 0 Å². The summed E-state index contributed by atoms with van der Waals surface area (Å²) in [5.74, 6) is 1.49. The van der Waals surface area contributed by atoms with Crippen LogP contribution in [0.3, 0.4) is 0 Å². The minimum Gasteiger partial charge on any atom is -0.453 e. The molecule has 37 heavy (non-hydrogen) atoms. The zero-order valence-electron chi connectivity index (χ0n) is 20.9. The molecule has 1 aliphatic carbocycles.